The summed E-state index contributed by atoms with van der Waals surface area (Å²) in [5.41, 5.74) is 2.24. The number of methoxy groups -OCH3 is 1. The normalized spacial score (nSPS) is 13.6. The number of rotatable bonds is 6. The van der Waals surface area contributed by atoms with Gasteiger partial charge in [-0.2, -0.15) is 13.2 Å². The molecule has 4 rings (SSSR count). The number of benzene rings is 2. The molecule has 2 heterocycles. The van der Waals surface area contributed by atoms with Crippen LogP contribution in [0.3, 0.4) is 0 Å². The van der Waals surface area contributed by atoms with Crippen LogP contribution in [0.4, 0.5) is 24.7 Å². The van der Waals surface area contributed by atoms with E-state index >= 15 is 0 Å². The standard InChI is InChI=1S/C24H21ClF3N3O2/c1-33-19-7-2-15(3-8-19)12-29-22-10-16-5-9-23(32)31(21(16)13-30-22)14-17-4-6-18(11-20(17)25)24(26,27)28/h2-4,6-8,10-11,13H,5,9,12,14H2,1H3,(H,29,30). The average molecular weight is 476 g/mol. The lowest BCUT2D eigenvalue weighted by molar-refractivity contribution is -0.137. The van der Waals surface area contributed by atoms with Crippen molar-refractivity contribution in [2.45, 2.75) is 32.1 Å². The predicted octanol–water partition coefficient (Wildman–Crippen LogP) is 5.85. The Kier molecular flexibility index (Phi) is 6.47. The fourth-order valence-corrected chi connectivity index (χ4v) is 3.91. The minimum atomic E-state index is -4.48. The van der Waals surface area contributed by atoms with E-state index in [-0.39, 0.29) is 17.5 Å². The highest BCUT2D eigenvalue weighted by molar-refractivity contribution is 6.31. The van der Waals surface area contributed by atoms with Crippen molar-refractivity contribution in [3.63, 3.8) is 0 Å². The summed E-state index contributed by atoms with van der Waals surface area (Å²) in [6, 6.07) is 12.7. The smallest absolute Gasteiger partial charge is 0.416 e. The molecule has 9 heteroatoms. The van der Waals surface area contributed by atoms with Crippen LogP contribution in [0.15, 0.2) is 54.7 Å². The second-order valence-corrected chi connectivity index (χ2v) is 8.09. The van der Waals surface area contributed by atoms with E-state index in [0.717, 1.165) is 29.0 Å². The summed E-state index contributed by atoms with van der Waals surface area (Å²) in [6.45, 7) is 0.642. The summed E-state index contributed by atoms with van der Waals surface area (Å²) in [4.78, 5) is 18.5. The van der Waals surface area contributed by atoms with Crippen LogP contribution in [-0.2, 0) is 30.5 Å². The molecule has 0 saturated heterocycles. The number of nitrogens with zero attached hydrogens (tertiary/aromatic N) is 2. The van der Waals surface area contributed by atoms with Crippen LogP contribution >= 0.6 is 11.6 Å². The number of halogens is 4. The van der Waals surface area contributed by atoms with E-state index in [1.807, 2.05) is 30.3 Å². The van der Waals surface area contributed by atoms with Gasteiger partial charge in [-0.05, 0) is 53.4 Å². The van der Waals surface area contributed by atoms with Gasteiger partial charge in [-0.15, -0.1) is 0 Å². The van der Waals surface area contributed by atoms with Crippen molar-refractivity contribution >= 4 is 29.0 Å². The van der Waals surface area contributed by atoms with Crippen LogP contribution in [0.5, 0.6) is 5.75 Å². The highest BCUT2D eigenvalue weighted by Crippen LogP contribution is 2.35. The van der Waals surface area contributed by atoms with Crippen LogP contribution in [0.2, 0.25) is 5.02 Å². The molecule has 3 aromatic rings. The lowest BCUT2D eigenvalue weighted by Gasteiger charge is -2.30. The lowest BCUT2D eigenvalue weighted by atomic mass is 10.0. The second-order valence-electron chi connectivity index (χ2n) is 7.68. The molecule has 1 amide bonds. The average Bonchev–Trinajstić information content (AvgIpc) is 2.80. The third-order valence-electron chi connectivity index (χ3n) is 5.51. The third-order valence-corrected chi connectivity index (χ3v) is 5.86. The SMILES string of the molecule is COc1ccc(CNc2cc3c(cn2)N(Cc2ccc(C(F)(F)F)cc2Cl)C(=O)CC3)cc1. The molecular formula is C24H21ClF3N3O2. The van der Waals surface area contributed by atoms with Crippen LogP contribution in [0.25, 0.3) is 0 Å². The molecule has 1 aromatic heterocycles. The number of aromatic nitrogens is 1. The van der Waals surface area contributed by atoms with Gasteiger partial charge in [-0.25, -0.2) is 4.98 Å². The molecular weight excluding hydrogens is 455 g/mol. The van der Waals surface area contributed by atoms with Gasteiger partial charge in [0.1, 0.15) is 11.6 Å². The minimum absolute atomic E-state index is 0.0320. The summed E-state index contributed by atoms with van der Waals surface area (Å²) >= 11 is 6.10. The molecule has 0 aliphatic carbocycles. The first-order chi connectivity index (χ1) is 15.7. The number of alkyl halides is 3. The molecule has 1 aliphatic heterocycles. The number of hydrogen-bond donors (Lipinski definition) is 1. The molecule has 0 radical (unpaired) electrons. The Morgan fingerprint density at radius 2 is 1.88 bits per heavy atom. The number of aryl methyl sites for hydroxylation is 1. The summed E-state index contributed by atoms with van der Waals surface area (Å²) in [5.74, 6) is 1.33. The van der Waals surface area contributed by atoms with Gasteiger partial charge in [0.05, 0.1) is 31.1 Å². The van der Waals surface area contributed by atoms with Crippen molar-refractivity contribution in [1.82, 2.24) is 4.98 Å². The van der Waals surface area contributed by atoms with Crippen molar-refractivity contribution in [2.24, 2.45) is 0 Å². The fourth-order valence-electron chi connectivity index (χ4n) is 3.67. The van der Waals surface area contributed by atoms with Crippen molar-refractivity contribution < 1.29 is 22.7 Å². The number of pyridine rings is 1. The predicted molar refractivity (Wildman–Crippen MR) is 121 cm³/mol. The van der Waals surface area contributed by atoms with Gasteiger partial charge in [0.25, 0.3) is 0 Å². The summed E-state index contributed by atoms with van der Waals surface area (Å²) in [7, 11) is 1.61. The highest BCUT2D eigenvalue weighted by Gasteiger charge is 2.31. The van der Waals surface area contributed by atoms with E-state index in [0.29, 0.717) is 36.5 Å². The van der Waals surface area contributed by atoms with Crippen LogP contribution in [0, 0.1) is 0 Å². The van der Waals surface area contributed by atoms with Gasteiger partial charge in [-0.3, -0.25) is 4.79 Å². The van der Waals surface area contributed by atoms with E-state index in [4.69, 9.17) is 16.3 Å². The van der Waals surface area contributed by atoms with Crippen molar-refractivity contribution in [1.29, 1.82) is 0 Å². The Bertz CT molecular complexity index is 1170. The second kappa shape index (κ2) is 9.31. The number of carbonyl (C=O) groups excluding carboxylic acids is 1. The van der Waals surface area contributed by atoms with Crippen molar-refractivity contribution in [3.05, 3.63) is 82.0 Å². The summed E-state index contributed by atoms with van der Waals surface area (Å²) < 4.78 is 43.9. The fraction of sp³-hybridized carbons (Fsp3) is 0.250. The lowest BCUT2D eigenvalue weighted by Crippen LogP contribution is -2.34. The van der Waals surface area contributed by atoms with Crippen LogP contribution in [0.1, 0.15) is 28.7 Å². The Balaban J connectivity index is 1.50. The largest absolute Gasteiger partial charge is 0.497 e. The number of carbonyl (C=O) groups is 1. The molecule has 0 saturated carbocycles. The van der Waals surface area contributed by atoms with E-state index in [1.54, 1.807) is 13.3 Å². The first kappa shape index (κ1) is 22.9. The molecule has 0 spiro atoms. The van der Waals surface area contributed by atoms with Crippen LogP contribution in [-0.4, -0.2) is 18.0 Å². The first-order valence-electron chi connectivity index (χ1n) is 10.3. The van der Waals surface area contributed by atoms with E-state index in [9.17, 15) is 18.0 Å². The minimum Gasteiger partial charge on any atom is -0.497 e. The van der Waals surface area contributed by atoms with Gasteiger partial charge in [-0.1, -0.05) is 29.8 Å². The Morgan fingerprint density at radius 3 is 2.55 bits per heavy atom. The zero-order valence-corrected chi connectivity index (χ0v) is 18.5. The maximum Gasteiger partial charge on any atom is 0.416 e. The van der Waals surface area contributed by atoms with Gasteiger partial charge in [0, 0.05) is 18.0 Å². The number of nitrogens with one attached hydrogen (secondary N) is 1. The molecule has 0 unspecified atom stereocenters. The highest BCUT2D eigenvalue weighted by atomic mass is 35.5. The Morgan fingerprint density at radius 1 is 1.12 bits per heavy atom. The van der Waals surface area contributed by atoms with E-state index in [1.165, 1.54) is 11.0 Å². The topological polar surface area (TPSA) is 54.5 Å². The van der Waals surface area contributed by atoms with Gasteiger partial charge < -0.3 is 15.0 Å². The third kappa shape index (κ3) is 5.22. The molecule has 1 N–H and O–H groups in total. The zero-order chi connectivity index (χ0) is 23.6. The van der Waals surface area contributed by atoms with Gasteiger partial charge in [0.15, 0.2) is 0 Å². The monoisotopic (exact) mass is 475 g/mol. The van der Waals surface area contributed by atoms with E-state index in [2.05, 4.69) is 10.3 Å². The van der Waals surface area contributed by atoms with Crippen molar-refractivity contribution in [3.8, 4) is 5.75 Å². The summed E-state index contributed by atoms with van der Waals surface area (Å²) in [5, 5.41) is 3.24. The van der Waals surface area contributed by atoms with Gasteiger partial charge >= 0.3 is 6.18 Å². The first-order valence-corrected chi connectivity index (χ1v) is 10.6. The van der Waals surface area contributed by atoms with Crippen molar-refractivity contribution in [2.75, 3.05) is 17.3 Å². The summed E-state index contributed by atoms with van der Waals surface area (Å²) in [6.07, 6.45) is -2.01. The Labute approximate surface area is 194 Å². The quantitative estimate of drug-likeness (QED) is 0.485. The number of amides is 1. The van der Waals surface area contributed by atoms with Crippen LogP contribution < -0.4 is 15.0 Å². The van der Waals surface area contributed by atoms with Gasteiger partial charge in [0.2, 0.25) is 5.91 Å². The molecule has 0 atom stereocenters. The number of anilines is 2. The maximum absolute atomic E-state index is 12.9. The maximum atomic E-state index is 12.9. The Hall–Kier alpha value is -3.26. The number of fused-ring (bicyclic) bond motifs is 1. The molecule has 2 aromatic carbocycles. The number of hydrogen-bond acceptors (Lipinski definition) is 4. The molecule has 33 heavy (non-hydrogen) atoms. The van der Waals surface area contributed by atoms with E-state index < -0.39 is 11.7 Å². The molecule has 0 bridgehead atoms. The molecule has 0 fully saturated rings. The zero-order valence-electron chi connectivity index (χ0n) is 17.7. The number of ether oxygens (including phenoxy) is 1. The molecule has 5 nitrogen and oxygen atoms in total. The molecule has 1 aliphatic rings. The molecule has 172 valence electrons.